The van der Waals surface area contributed by atoms with Gasteiger partial charge in [0.05, 0.1) is 17.7 Å². The van der Waals surface area contributed by atoms with E-state index in [1.54, 1.807) is 6.07 Å². The van der Waals surface area contributed by atoms with Crippen molar-refractivity contribution in [3.8, 4) is 5.75 Å². The zero-order valence-corrected chi connectivity index (χ0v) is 18.2. The van der Waals surface area contributed by atoms with E-state index in [1.165, 1.54) is 23.5 Å². The van der Waals surface area contributed by atoms with E-state index >= 15 is 0 Å². The second kappa shape index (κ2) is 8.55. The van der Waals surface area contributed by atoms with Gasteiger partial charge in [0.2, 0.25) is 10.0 Å². The van der Waals surface area contributed by atoms with Crippen molar-refractivity contribution < 1.29 is 17.9 Å². The fourth-order valence-electron chi connectivity index (χ4n) is 3.59. The van der Waals surface area contributed by atoms with E-state index in [2.05, 4.69) is 5.32 Å². The molecule has 156 valence electrons. The Morgan fingerprint density at radius 1 is 0.966 bits per heavy atom. The predicted molar refractivity (Wildman–Crippen MR) is 114 cm³/mol. The van der Waals surface area contributed by atoms with Crippen molar-refractivity contribution in [1.82, 2.24) is 4.31 Å². The summed E-state index contributed by atoms with van der Waals surface area (Å²) in [5.74, 6) is 0.119. The summed E-state index contributed by atoms with van der Waals surface area (Å²) in [4.78, 5) is 13.1. The molecule has 2 aromatic rings. The number of benzene rings is 2. The van der Waals surface area contributed by atoms with E-state index < -0.39 is 10.0 Å². The monoisotopic (exact) mass is 416 g/mol. The summed E-state index contributed by atoms with van der Waals surface area (Å²) in [7, 11) is -2.11. The molecule has 1 amide bonds. The quantitative estimate of drug-likeness (QED) is 0.798. The Balaban J connectivity index is 1.94. The maximum absolute atomic E-state index is 13.0. The predicted octanol–water partition coefficient (Wildman–Crippen LogP) is 4.05. The van der Waals surface area contributed by atoms with E-state index in [-0.39, 0.29) is 10.8 Å². The fraction of sp³-hybridized carbons (Fsp3) is 0.409. The standard InChI is InChI=1S/C22H28N2O4S/c1-15-12-17(3)19(13-16(15)2)22(25)23-20-14-18(8-9-21(20)28-4)29(26,27)24-10-6-5-7-11-24/h8-9,12-14H,5-7,10-11H2,1-4H3,(H,23,25). The molecule has 2 aromatic carbocycles. The largest absolute Gasteiger partial charge is 0.495 e. The minimum absolute atomic E-state index is 0.160. The Morgan fingerprint density at radius 2 is 1.62 bits per heavy atom. The van der Waals surface area contributed by atoms with Gasteiger partial charge in [0.15, 0.2) is 0 Å². The molecule has 7 heteroatoms. The zero-order valence-electron chi connectivity index (χ0n) is 17.4. The lowest BCUT2D eigenvalue weighted by molar-refractivity contribution is 0.102. The number of carbonyl (C=O) groups excluding carboxylic acids is 1. The molecule has 0 saturated carbocycles. The van der Waals surface area contributed by atoms with Gasteiger partial charge in [-0.05, 0) is 74.6 Å². The minimum Gasteiger partial charge on any atom is -0.495 e. The third kappa shape index (κ3) is 4.46. The van der Waals surface area contributed by atoms with Crippen molar-refractivity contribution in [2.24, 2.45) is 0 Å². The number of methoxy groups -OCH3 is 1. The summed E-state index contributed by atoms with van der Waals surface area (Å²) in [6.45, 7) is 6.89. The van der Waals surface area contributed by atoms with Crippen LogP contribution in [0, 0.1) is 20.8 Å². The summed E-state index contributed by atoms with van der Waals surface area (Å²) >= 11 is 0. The van der Waals surface area contributed by atoms with Crippen molar-refractivity contribution in [1.29, 1.82) is 0 Å². The van der Waals surface area contributed by atoms with E-state index in [0.717, 1.165) is 36.0 Å². The molecule has 29 heavy (non-hydrogen) atoms. The molecule has 6 nitrogen and oxygen atoms in total. The van der Waals surface area contributed by atoms with Crippen molar-refractivity contribution in [2.45, 2.75) is 44.9 Å². The van der Waals surface area contributed by atoms with Crippen LogP contribution in [-0.2, 0) is 10.0 Å². The third-order valence-electron chi connectivity index (χ3n) is 5.46. The summed E-state index contributed by atoms with van der Waals surface area (Å²) in [5.41, 5.74) is 3.90. The number of aryl methyl sites for hydroxylation is 3. The van der Waals surface area contributed by atoms with Gasteiger partial charge < -0.3 is 10.1 Å². The Hall–Kier alpha value is -2.38. The molecule has 1 saturated heterocycles. The van der Waals surface area contributed by atoms with E-state index in [9.17, 15) is 13.2 Å². The van der Waals surface area contributed by atoms with Gasteiger partial charge in [0.25, 0.3) is 5.91 Å². The number of piperidine rings is 1. The first-order valence-electron chi connectivity index (χ1n) is 9.81. The van der Waals surface area contributed by atoms with Crippen LogP contribution in [0.25, 0.3) is 0 Å². The van der Waals surface area contributed by atoms with Gasteiger partial charge in [-0.15, -0.1) is 0 Å². The minimum atomic E-state index is -3.60. The van der Waals surface area contributed by atoms with Crippen LogP contribution in [0.15, 0.2) is 35.2 Å². The van der Waals surface area contributed by atoms with Crippen molar-refractivity contribution >= 4 is 21.6 Å². The smallest absolute Gasteiger partial charge is 0.256 e. The molecule has 3 rings (SSSR count). The number of amides is 1. The van der Waals surface area contributed by atoms with E-state index in [0.29, 0.717) is 30.1 Å². The molecular weight excluding hydrogens is 388 g/mol. The molecule has 1 fully saturated rings. The maximum atomic E-state index is 13.0. The molecule has 0 aliphatic carbocycles. The van der Waals surface area contributed by atoms with Crippen LogP contribution in [0.3, 0.4) is 0 Å². The Kier molecular flexibility index (Phi) is 6.29. The van der Waals surface area contributed by atoms with Gasteiger partial charge in [-0.2, -0.15) is 4.31 Å². The number of nitrogens with one attached hydrogen (secondary N) is 1. The van der Waals surface area contributed by atoms with Crippen molar-refractivity contribution in [3.63, 3.8) is 0 Å². The Bertz CT molecular complexity index is 1030. The number of nitrogens with zero attached hydrogens (tertiary/aromatic N) is 1. The number of rotatable bonds is 5. The number of sulfonamides is 1. The highest BCUT2D eigenvalue weighted by atomic mass is 32.2. The van der Waals surface area contributed by atoms with Crippen molar-refractivity contribution in [2.75, 3.05) is 25.5 Å². The lowest BCUT2D eigenvalue weighted by atomic mass is 10.0. The molecule has 1 aliphatic heterocycles. The number of hydrogen-bond donors (Lipinski definition) is 1. The van der Waals surface area contributed by atoms with E-state index in [1.807, 2.05) is 32.9 Å². The van der Waals surface area contributed by atoms with Crippen LogP contribution < -0.4 is 10.1 Å². The Morgan fingerprint density at radius 3 is 2.28 bits per heavy atom. The first-order chi connectivity index (χ1) is 13.7. The van der Waals surface area contributed by atoms with Crippen LogP contribution in [0.1, 0.15) is 46.3 Å². The topological polar surface area (TPSA) is 75.7 Å². The highest BCUT2D eigenvalue weighted by Gasteiger charge is 2.27. The molecule has 0 radical (unpaired) electrons. The van der Waals surface area contributed by atoms with Crippen LogP contribution >= 0.6 is 0 Å². The normalized spacial score (nSPS) is 15.2. The molecule has 1 N–H and O–H groups in total. The van der Waals surface area contributed by atoms with Gasteiger partial charge in [-0.25, -0.2) is 8.42 Å². The number of hydrogen-bond acceptors (Lipinski definition) is 4. The lowest BCUT2D eigenvalue weighted by Gasteiger charge is -2.26. The summed E-state index contributed by atoms with van der Waals surface area (Å²) in [6.07, 6.45) is 2.78. The molecule has 0 spiro atoms. The number of ether oxygens (including phenoxy) is 1. The van der Waals surface area contributed by atoms with E-state index in [4.69, 9.17) is 4.74 Å². The Labute approximate surface area is 172 Å². The molecule has 0 bridgehead atoms. The molecule has 0 atom stereocenters. The molecule has 1 aliphatic rings. The SMILES string of the molecule is COc1ccc(S(=O)(=O)N2CCCCC2)cc1NC(=O)c1cc(C)c(C)cc1C. The van der Waals surface area contributed by atoms with Gasteiger partial charge in [0.1, 0.15) is 5.75 Å². The molecule has 1 heterocycles. The third-order valence-corrected chi connectivity index (χ3v) is 7.35. The first-order valence-corrected chi connectivity index (χ1v) is 11.3. The average Bonchev–Trinajstić information content (AvgIpc) is 2.71. The fourth-order valence-corrected chi connectivity index (χ4v) is 5.14. The summed E-state index contributed by atoms with van der Waals surface area (Å²) in [6, 6.07) is 8.41. The second-order valence-corrected chi connectivity index (χ2v) is 9.47. The maximum Gasteiger partial charge on any atom is 0.256 e. The van der Waals surface area contributed by atoms with Gasteiger partial charge in [0, 0.05) is 18.7 Å². The lowest BCUT2D eigenvalue weighted by Crippen LogP contribution is -2.35. The zero-order chi connectivity index (χ0) is 21.2. The van der Waals surface area contributed by atoms with Crippen LogP contribution in [0.2, 0.25) is 0 Å². The first kappa shape index (κ1) is 21.3. The second-order valence-electron chi connectivity index (χ2n) is 7.53. The summed E-state index contributed by atoms with van der Waals surface area (Å²) < 4.78 is 32.9. The number of carbonyl (C=O) groups is 1. The highest BCUT2D eigenvalue weighted by molar-refractivity contribution is 7.89. The van der Waals surface area contributed by atoms with Gasteiger partial charge in [-0.3, -0.25) is 4.79 Å². The molecule has 0 aromatic heterocycles. The molecular formula is C22H28N2O4S. The van der Waals surface area contributed by atoms with Crippen molar-refractivity contribution in [3.05, 3.63) is 52.6 Å². The molecule has 0 unspecified atom stereocenters. The highest BCUT2D eigenvalue weighted by Crippen LogP contribution is 2.30. The van der Waals surface area contributed by atoms with Crippen LogP contribution in [-0.4, -0.2) is 38.8 Å². The van der Waals surface area contributed by atoms with Gasteiger partial charge in [-0.1, -0.05) is 12.5 Å². The van der Waals surface area contributed by atoms with Crippen LogP contribution in [0.5, 0.6) is 5.75 Å². The average molecular weight is 417 g/mol. The summed E-state index contributed by atoms with van der Waals surface area (Å²) in [5, 5.41) is 2.83. The van der Waals surface area contributed by atoms with Crippen LogP contribution in [0.4, 0.5) is 5.69 Å². The van der Waals surface area contributed by atoms with Gasteiger partial charge >= 0.3 is 0 Å². The number of anilines is 1.